The van der Waals surface area contributed by atoms with Gasteiger partial charge in [0.1, 0.15) is 0 Å². The monoisotopic (exact) mass is 596 g/mol. The molecule has 2 aliphatic rings. The molecule has 0 aliphatic heterocycles. The first kappa shape index (κ1) is 21.3. The van der Waals surface area contributed by atoms with E-state index >= 15 is 0 Å². The first-order valence-electron chi connectivity index (χ1n) is 10.1. The van der Waals surface area contributed by atoms with Crippen LogP contribution in [0.4, 0.5) is 0 Å². The van der Waals surface area contributed by atoms with Gasteiger partial charge in [0.15, 0.2) is 0 Å². The predicted octanol–water partition coefficient (Wildman–Crippen LogP) is 8.31. The lowest BCUT2D eigenvalue weighted by Gasteiger charge is -2.31. The van der Waals surface area contributed by atoms with Gasteiger partial charge < -0.3 is 0 Å². The molecule has 1 spiro atoms. The Hall–Kier alpha value is -2.24. The van der Waals surface area contributed by atoms with Crippen LogP contribution in [0.1, 0.15) is 43.0 Å². The number of benzene rings is 4. The maximum absolute atomic E-state index is 12.2. The molecule has 0 fully saturated rings. The average Bonchev–Trinajstić information content (AvgIpc) is 3.24. The van der Waals surface area contributed by atoms with Gasteiger partial charge in [-0.1, -0.05) is 56.1 Å². The van der Waals surface area contributed by atoms with E-state index in [1.165, 1.54) is 0 Å². The lowest BCUT2D eigenvalue weighted by atomic mass is 9.70. The van der Waals surface area contributed by atoms with Crippen molar-refractivity contribution >= 4 is 65.5 Å². The highest BCUT2D eigenvalue weighted by Gasteiger charge is 2.52. The molecule has 0 unspecified atom stereocenters. The Kier molecular flexibility index (Phi) is 4.76. The van der Waals surface area contributed by atoms with Gasteiger partial charge in [0, 0.05) is 20.1 Å². The van der Waals surface area contributed by atoms with Crippen LogP contribution in [-0.4, -0.2) is 10.5 Å². The number of carbonyl (C=O) groups excluding carboxylic acids is 2. The van der Waals surface area contributed by atoms with Crippen molar-refractivity contribution in [2.75, 3.05) is 0 Å². The number of hydrogen-bond donors (Lipinski definition) is 0. The van der Waals surface area contributed by atoms with Gasteiger partial charge in [-0.25, -0.2) is 0 Å². The van der Waals surface area contributed by atoms with Crippen molar-refractivity contribution in [1.82, 2.24) is 0 Å². The molecular formula is C27H12Br2Cl2O2. The first-order chi connectivity index (χ1) is 15.8. The molecule has 4 aromatic carbocycles. The third-order valence-electron chi connectivity index (χ3n) is 6.65. The van der Waals surface area contributed by atoms with Crippen molar-refractivity contribution < 1.29 is 9.59 Å². The minimum Gasteiger partial charge on any atom is -0.276 e. The quantitative estimate of drug-likeness (QED) is 0.188. The summed E-state index contributed by atoms with van der Waals surface area (Å²) in [4.78, 5) is 24.3. The second-order valence-electron chi connectivity index (χ2n) is 8.20. The standard InChI is InChI=1S/C27H12Br2Cl2O2/c28-15-3-7-19-20-8-4-16(29)12-24(20)27(23(19)11-15)21-9-13(25(30)32)1-5-17(21)18-6-2-14(26(31)33)10-22(18)27/h1-12H. The molecule has 160 valence electrons. The van der Waals surface area contributed by atoms with E-state index < -0.39 is 15.9 Å². The van der Waals surface area contributed by atoms with Gasteiger partial charge in [-0.05, 0) is 116 Å². The second-order valence-corrected chi connectivity index (χ2v) is 10.7. The molecule has 6 heteroatoms. The van der Waals surface area contributed by atoms with E-state index in [-0.39, 0.29) is 0 Å². The minimum absolute atomic E-state index is 0.427. The maximum atomic E-state index is 12.2. The summed E-state index contributed by atoms with van der Waals surface area (Å²) in [5, 5.41) is -1.02. The van der Waals surface area contributed by atoms with Crippen LogP contribution in [0.2, 0.25) is 0 Å². The second kappa shape index (κ2) is 7.38. The molecule has 6 rings (SSSR count). The third kappa shape index (κ3) is 2.85. The summed E-state index contributed by atoms with van der Waals surface area (Å²) in [6, 6.07) is 23.6. The Bertz CT molecular complexity index is 1440. The molecule has 2 aliphatic carbocycles. The Balaban J connectivity index is 1.85. The number of fused-ring (bicyclic) bond motifs is 10. The van der Waals surface area contributed by atoms with Crippen molar-refractivity contribution in [2.24, 2.45) is 0 Å². The molecule has 0 atom stereocenters. The Morgan fingerprint density at radius 2 is 0.879 bits per heavy atom. The average molecular weight is 599 g/mol. The molecule has 0 radical (unpaired) electrons. The zero-order valence-corrected chi connectivity index (χ0v) is 21.4. The van der Waals surface area contributed by atoms with Gasteiger partial charge in [-0.2, -0.15) is 0 Å². The van der Waals surface area contributed by atoms with Crippen LogP contribution < -0.4 is 0 Å². The van der Waals surface area contributed by atoms with Crippen LogP contribution >= 0.6 is 55.1 Å². The van der Waals surface area contributed by atoms with Crippen LogP contribution in [0.15, 0.2) is 81.7 Å². The molecule has 0 bridgehead atoms. The molecular weight excluding hydrogens is 587 g/mol. The summed E-state index contributed by atoms with van der Waals surface area (Å²) in [6.45, 7) is 0. The van der Waals surface area contributed by atoms with E-state index in [0.717, 1.165) is 53.5 Å². The van der Waals surface area contributed by atoms with Crippen molar-refractivity contribution in [2.45, 2.75) is 5.41 Å². The minimum atomic E-state index is -0.729. The van der Waals surface area contributed by atoms with Crippen LogP contribution in [0.25, 0.3) is 22.3 Å². The summed E-state index contributed by atoms with van der Waals surface area (Å²) in [6.07, 6.45) is 0. The first-order valence-corrected chi connectivity index (χ1v) is 12.5. The van der Waals surface area contributed by atoms with E-state index in [1.807, 2.05) is 36.4 Å². The van der Waals surface area contributed by atoms with E-state index in [2.05, 4.69) is 56.1 Å². The van der Waals surface area contributed by atoms with Gasteiger partial charge in [0.25, 0.3) is 10.5 Å². The lowest BCUT2D eigenvalue weighted by molar-refractivity contribution is 0.107. The van der Waals surface area contributed by atoms with Crippen LogP contribution in [0.5, 0.6) is 0 Å². The molecule has 2 nitrogen and oxygen atoms in total. The normalized spacial score (nSPS) is 13.9. The zero-order chi connectivity index (χ0) is 23.1. The van der Waals surface area contributed by atoms with Crippen molar-refractivity contribution in [1.29, 1.82) is 0 Å². The van der Waals surface area contributed by atoms with Crippen LogP contribution in [0.3, 0.4) is 0 Å². The van der Waals surface area contributed by atoms with Crippen LogP contribution in [-0.2, 0) is 5.41 Å². The number of halogens is 4. The Morgan fingerprint density at radius 3 is 1.24 bits per heavy atom. The van der Waals surface area contributed by atoms with Gasteiger partial charge >= 0.3 is 0 Å². The number of hydrogen-bond acceptors (Lipinski definition) is 2. The molecule has 33 heavy (non-hydrogen) atoms. The van der Waals surface area contributed by atoms with Crippen molar-refractivity contribution in [3.05, 3.63) is 115 Å². The highest BCUT2D eigenvalue weighted by molar-refractivity contribution is 9.10. The molecule has 0 saturated carbocycles. The SMILES string of the molecule is O=C(Cl)c1ccc2c(c1)C1(c3cc(Br)ccc3-c3ccc(Br)cc31)c1cc(C(=O)Cl)ccc1-2. The topological polar surface area (TPSA) is 34.1 Å². The summed E-state index contributed by atoms with van der Waals surface area (Å²) in [7, 11) is 0. The van der Waals surface area contributed by atoms with E-state index in [0.29, 0.717) is 11.1 Å². The fraction of sp³-hybridized carbons (Fsp3) is 0.0370. The molecule has 0 heterocycles. The lowest BCUT2D eigenvalue weighted by Crippen LogP contribution is -2.26. The highest BCUT2D eigenvalue weighted by atomic mass is 79.9. The largest absolute Gasteiger partial charge is 0.276 e. The third-order valence-corrected chi connectivity index (χ3v) is 8.08. The summed E-state index contributed by atoms with van der Waals surface area (Å²) in [5.74, 6) is 0. The van der Waals surface area contributed by atoms with Gasteiger partial charge in [-0.15, -0.1) is 0 Å². The molecule has 0 aromatic heterocycles. The van der Waals surface area contributed by atoms with E-state index in [9.17, 15) is 9.59 Å². The fourth-order valence-corrected chi connectivity index (χ4v) is 6.37. The predicted molar refractivity (Wildman–Crippen MR) is 139 cm³/mol. The Morgan fingerprint density at radius 1 is 0.545 bits per heavy atom. The summed E-state index contributed by atoms with van der Waals surface area (Å²) < 4.78 is 1.88. The van der Waals surface area contributed by atoms with Crippen molar-refractivity contribution in [3.63, 3.8) is 0 Å². The Labute approximate surface area is 216 Å². The van der Waals surface area contributed by atoms with Gasteiger partial charge in [-0.3, -0.25) is 9.59 Å². The van der Waals surface area contributed by atoms with Crippen molar-refractivity contribution in [3.8, 4) is 22.3 Å². The number of carbonyl (C=O) groups is 2. The fourth-order valence-electron chi connectivity index (χ4n) is 5.42. The summed E-state index contributed by atoms with van der Waals surface area (Å²) >= 11 is 19.1. The molecule has 0 N–H and O–H groups in total. The molecule has 0 amide bonds. The summed E-state index contributed by atoms with van der Waals surface area (Å²) in [5.41, 5.74) is 8.39. The molecule has 4 aromatic rings. The zero-order valence-electron chi connectivity index (χ0n) is 16.8. The smallest absolute Gasteiger partial charge is 0.252 e. The van der Waals surface area contributed by atoms with E-state index in [1.54, 1.807) is 12.1 Å². The highest BCUT2D eigenvalue weighted by Crippen LogP contribution is 2.63. The number of rotatable bonds is 2. The van der Waals surface area contributed by atoms with Gasteiger partial charge in [0.05, 0.1) is 5.41 Å². The van der Waals surface area contributed by atoms with Crippen LogP contribution in [0, 0.1) is 0 Å². The van der Waals surface area contributed by atoms with E-state index in [4.69, 9.17) is 23.2 Å². The maximum Gasteiger partial charge on any atom is 0.252 e. The molecule has 0 saturated heterocycles. The van der Waals surface area contributed by atoms with Gasteiger partial charge in [0.2, 0.25) is 0 Å².